The van der Waals surface area contributed by atoms with Crippen molar-refractivity contribution in [1.82, 2.24) is 15.4 Å². The molecule has 0 saturated heterocycles. The number of aromatic nitrogens is 2. The number of nitrogens with one attached hydrogen (secondary N) is 2. The first-order chi connectivity index (χ1) is 16.8. The van der Waals surface area contributed by atoms with Crippen molar-refractivity contribution < 1.29 is 19.1 Å². The highest BCUT2D eigenvalue weighted by Gasteiger charge is 2.35. The molecule has 3 amide bonds. The molecule has 4 N–H and O–H groups in total. The lowest BCUT2D eigenvalue weighted by molar-refractivity contribution is -0.141. The molecular formula is C25H28N6O4. The molecule has 1 aromatic heterocycles. The molecule has 0 saturated carbocycles. The minimum Gasteiger partial charge on any atom is -0.468 e. The molecule has 10 heteroatoms. The molecule has 3 rings (SSSR count). The molecule has 0 fully saturated rings. The van der Waals surface area contributed by atoms with Crippen molar-refractivity contribution in [3.05, 3.63) is 65.5 Å². The highest BCUT2D eigenvalue weighted by atomic mass is 16.5. The Labute approximate surface area is 203 Å². The van der Waals surface area contributed by atoms with Crippen molar-refractivity contribution in [2.45, 2.75) is 39.0 Å². The van der Waals surface area contributed by atoms with Gasteiger partial charge in [0, 0.05) is 5.69 Å². The van der Waals surface area contributed by atoms with Crippen molar-refractivity contribution in [2.75, 3.05) is 12.4 Å². The maximum Gasteiger partial charge on any atom is 0.332 e. The molecule has 0 spiro atoms. The molecule has 2 aromatic carbocycles. The normalized spacial score (nSPS) is 12.3. The molecule has 0 unspecified atom stereocenters. The van der Waals surface area contributed by atoms with Crippen LogP contribution in [0.15, 0.2) is 53.8 Å². The Morgan fingerprint density at radius 3 is 2.43 bits per heavy atom. The zero-order valence-electron chi connectivity index (χ0n) is 20.0. The smallest absolute Gasteiger partial charge is 0.332 e. The summed E-state index contributed by atoms with van der Waals surface area (Å²) in [7, 11) is 1.18. The van der Waals surface area contributed by atoms with Gasteiger partial charge in [0.05, 0.1) is 30.0 Å². The van der Waals surface area contributed by atoms with E-state index in [2.05, 4.69) is 25.8 Å². The molecule has 0 aliphatic heterocycles. The van der Waals surface area contributed by atoms with Crippen molar-refractivity contribution in [1.29, 1.82) is 0 Å². The summed E-state index contributed by atoms with van der Waals surface area (Å²) in [5.74, 6) is -2.78. The van der Waals surface area contributed by atoms with Crippen LogP contribution >= 0.6 is 0 Å². The van der Waals surface area contributed by atoms with Crippen LogP contribution in [0.2, 0.25) is 0 Å². The topological polar surface area (TPSA) is 149 Å². The van der Waals surface area contributed by atoms with E-state index in [9.17, 15) is 14.4 Å². The Hall–Kier alpha value is -4.34. The molecule has 1 atom stereocenters. The number of ether oxygens (including phenoxy) is 1. The number of hydrogen-bond acceptors (Lipinski definition) is 7. The van der Waals surface area contributed by atoms with Gasteiger partial charge in [-0.2, -0.15) is 5.10 Å². The van der Waals surface area contributed by atoms with Crippen LogP contribution in [-0.2, 0) is 20.7 Å². The Morgan fingerprint density at radius 1 is 1.09 bits per heavy atom. The zero-order chi connectivity index (χ0) is 25.5. The monoisotopic (exact) mass is 476 g/mol. The Morgan fingerprint density at radius 2 is 1.80 bits per heavy atom. The maximum atomic E-state index is 13.6. The van der Waals surface area contributed by atoms with E-state index in [4.69, 9.17) is 10.5 Å². The number of aryl methyl sites for hydroxylation is 1. The molecule has 0 aliphatic rings. The summed E-state index contributed by atoms with van der Waals surface area (Å²) in [6.07, 6.45) is 2.04. The molecule has 1 heterocycles. The summed E-state index contributed by atoms with van der Waals surface area (Å²) in [5.41, 5.74) is 10.6. The van der Waals surface area contributed by atoms with E-state index in [1.165, 1.54) is 13.3 Å². The van der Waals surface area contributed by atoms with Gasteiger partial charge >= 0.3 is 12.0 Å². The maximum absolute atomic E-state index is 13.6. The van der Waals surface area contributed by atoms with Crippen LogP contribution in [0, 0.1) is 0 Å². The fraction of sp³-hybridized carbons (Fsp3) is 0.280. The van der Waals surface area contributed by atoms with E-state index in [1.807, 2.05) is 45.0 Å². The van der Waals surface area contributed by atoms with E-state index < -0.39 is 23.8 Å². The van der Waals surface area contributed by atoms with Crippen LogP contribution in [0.25, 0.3) is 11.0 Å². The first-order valence-electron chi connectivity index (χ1n) is 11.1. The number of urea groups is 1. The van der Waals surface area contributed by atoms with Crippen LogP contribution in [0.5, 0.6) is 0 Å². The molecule has 0 bridgehead atoms. The van der Waals surface area contributed by atoms with Crippen LogP contribution in [0.1, 0.15) is 49.4 Å². The zero-order valence-corrected chi connectivity index (χ0v) is 20.0. The average Bonchev–Trinajstić information content (AvgIpc) is 2.85. The van der Waals surface area contributed by atoms with Crippen LogP contribution in [-0.4, -0.2) is 40.7 Å². The summed E-state index contributed by atoms with van der Waals surface area (Å²) >= 11 is 0. The first-order valence-corrected chi connectivity index (χ1v) is 11.1. The molecule has 35 heavy (non-hydrogen) atoms. The second kappa shape index (κ2) is 11.2. The fourth-order valence-corrected chi connectivity index (χ4v) is 3.69. The molecule has 0 aliphatic carbocycles. The van der Waals surface area contributed by atoms with E-state index in [0.717, 1.165) is 11.1 Å². The molecule has 182 valence electrons. The van der Waals surface area contributed by atoms with E-state index in [0.29, 0.717) is 23.1 Å². The van der Waals surface area contributed by atoms with E-state index in [-0.39, 0.29) is 17.3 Å². The Bertz CT molecular complexity index is 1290. The number of hydrogen-bond donors (Lipinski definition) is 3. The number of hydrazone groups is 1. The minimum absolute atomic E-state index is 0.115. The SMILES string of the molecule is CCc1cccc(C(C)C)c1NC(=O)/C(=N\NC(N)=O)[C@@H](C(=O)OC)c1cnc2ccccc2n1. The molecule has 0 radical (unpaired) electrons. The van der Waals surface area contributed by atoms with Gasteiger partial charge in [-0.25, -0.2) is 15.2 Å². The van der Waals surface area contributed by atoms with Gasteiger partial charge in [0.15, 0.2) is 0 Å². The highest BCUT2D eigenvalue weighted by molar-refractivity contribution is 6.48. The van der Waals surface area contributed by atoms with Crippen molar-refractivity contribution in [3.63, 3.8) is 0 Å². The number of para-hydroxylation sites is 3. The number of benzene rings is 2. The van der Waals surface area contributed by atoms with Crippen LogP contribution in [0.4, 0.5) is 10.5 Å². The minimum atomic E-state index is -1.37. The average molecular weight is 477 g/mol. The van der Waals surface area contributed by atoms with Crippen molar-refractivity contribution in [3.8, 4) is 0 Å². The van der Waals surface area contributed by atoms with Gasteiger partial charge < -0.3 is 15.8 Å². The number of carbonyl (C=O) groups excluding carboxylic acids is 3. The third-order valence-corrected chi connectivity index (χ3v) is 5.42. The van der Waals surface area contributed by atoms with Crippen LogP contribution in [0.3, 0.4) is 0 Å². The summed E-state index contributed by atoms with van der Waals surface area (Å²) in [6.45, 7) is 5.99. The summed E-state index contributed by atoms with van der Waals surface area (Å²) < 4.78 is 4.96. The second-order valence-corrected chi connectivity index (χ2v) is 8.06. The molecular weight excluding hydrogens is 448 g/mol. The predicted molar refractivity (Wildman–Crippen MR) is 133 cm³/mol. The van der Waals surface area contributed by atoms with Gasteiger partial charge in [0.25, 0.3) is 5.91 Å². The summed E-state index contributed by atoms with van der Waals surface area (Å²) in [6, 6.07) is 11.8. The quantitative estimate of drug-likeness (QED) is 0.258. The van der Waals surface area contributed by atoms with Gasteiger partial charge in [-0.05, 0) is 35.6 Å². The highest BCUT2D eigenvalue weighted by Crippen LogP contribution is 2.29. The van der Waals surface area contributed by atoms with E-state index in [1.54, 1.807) is 18.2 Å². The number of anilines is 1. The van der Waals surface area contributed by atoms with Gasteiger partial charge in [0.1, 0.15) is 11.6 Å². The predicted octanol–water partition coefficient (Wildman–Crippen LogP) is 3.24. The van der Waals surface area contributed by atoms with Gasteiger partial charge in [0.2, 0.25) is 0 Å². The number of methoxy groups -OCH3 is 1. The van der Waals surface area contributed by atoms with Gasteiger partial charge in [-0.15, -0.1) is 0 Å². The Balaban J connectivity index is 2.13. The number of amides is 3. The number of nitrogens with zero attached hydrogens (tertiary/aromatic N) is 3. The molecule has 3 aromatic rings. The van der Waals surface area contributed by atoms with Crippen LogP contribution < -0.4 is 16.5 Å². The lowest BCUT2D eigenvalue weighted by atomic mass is 9.95. The third kappa shape index (κ3) is 5.78. The van der Waals surface area contributed by atoms with E-state index >= 15 is 0 Å². The number of nitrogens with two attached hydrogens (primary N) is 1. The number of primary amides is 1. The number of rotatable bonds is 8. The first kappa shape index (κ1) is 25.3. The van der Waals surface area contributed by atoms with Crippen molar-refractivity contribution in [2.24, 2.45) is 10.8 Å². The second-order valence-electron chi connectivity index (χ2n) is 8.06. The number of esters is 1. The number of fused-ring (bicyclic) bond motifs is 1. The summed E-state index contributed by atoms with van der Waals surface area (Å²) in [5, 5.41) is 6.77. The van der Waals surface area contributed by atoms with Gasteiger partial charge in [-0.3, -0.25) is 14.6 Å². The standard InChI is InChI=1S/C25H28N6O4/c1-5-15-9-8-10-16(14(2)3)21(15)29-23(32)22(30-31-25(26)34)20(24(33)35-4)19-13-27-17-11-6-7-12-18(17)28-19/h6-14,20H,5H2,1-4H3,(H,29,32)(H3,26,31,34)/b30-22-/t20-/m0/s1. The summed E-state index contributed by atoms with van der Waals surface area (Å²) in [4.78, 5) is 46.7. The number of carbonyl (C=O) groups is 3. The Kier molecular flexibility index (Phi) is 8.08. The third-order valence-electron chi connectivity index (χ3n) is 5.42. The largest absolute Gasteiger partial charge is 0.468 e. The lowest BCUT2D eigenvalue weighted by Gasteiger charge is -2.20. The van der Waals surface area contributed by atoms with Crippen molar-refractivity contribution >= 4 is 40.3 Å². The lowest BCUT2D eigenvalue weighted by Crippen LogP contribution is -2.37. The fourth-order valence-electron chi connectivity index (χ4n) is 3.69. The molecule has 10 nitrogen and oxygen atoms in total. The van der Waals surface area contributed by atoms with Gasteiger partial charge in [-0.1, -0.05) is 51.1 Å².